The molecule has 0 unspecified atom stereocenters. The number of aryl methyl sites for hydroxylation is 1. The van der Waals surface area contributed by atoms with E-state index in [4.69, 9.17) is 15.1 Å². The maximum atomic E-state index is 5.08. The van der Waals surface area contributed by atoms with Crippen molar-refractivity contribution in [2.45, 2.75) is 45.2 Å². The Balaban J connectivity index is 1.27. The molecule has 5 nitrogen and oxygen atoms in total. The van der Waals surface area contributed by atoms with Crippen molar-refractivity contribution in [3.63, 3.8) is 0 Å². The first-order valence-corrected chi connectivity index (χ1v) is 13.9. The molecule has 0 amide bonds. The monoisotopic (exact) mass is 511 g/mol. The van der Waals surface area contributed by atoms with Gasteiger partial charge in [-0.2, -0.15) is 5.10 Å². The molecular weight excluding hydrogens is 478 g/mol. The molecule has 1 aliphatic rings. The lowest BCUT2D eigenvalue weighted by Crippen LogP contribution is -2.18. The maximum Gasteiger partial charge on any atom is 0.230 e. The highest BCUT2D eigenvalue weighted by molar-refractivity contribution is 6.03. The molecule has 0 saturated heterocycles. The highest BCUT2D eigenvalue weighted by Gasteiger charge is 2.29. The molecule has 1 aliphatic heterocycles. The van der Waals surface area contributed by atoms with Gasteiger partial charge in [0.2, 0.25) is 5.95 Å². The molecule has 5 aromatic rings. The molecule has 0 bridgehead atoms. The maximum absolute atomic E-state index is 5.08. The van der Waals surface area contributed by atoms with Crippen molar-refractivity contribution in [2.75, 3.05) is 5.01 Å². The molecule has 2 heterocycles. The van der Waals surface area contributed by atoms with Crippen LogP contribution in [0.25, 0.3) is 11.0 Å². The van der Waals surface area contributed by atoms with Gasteiger partial charge in [0.05, 0.1) is 28.5 Å². The minimum Gasteiger partial charge on any atom is -0.308 e. The van der Waals surface area contributed by atoms with Crippen LogP contribution in [0.2, 0.25) is 0 Å². The van der Waals surface area contributed by atoms with Gasteiger partial charge in [0.15, 0.2) is 0 Å². The summed E-state index contributed by atoms with van der Waals surface area (Å²) >= 11 is 0. The second kappa shape index (κ2) is 11.5. The Hall–Kier alpha value is -4.51. The topological polar surface area (TPSA) is 45.8 Å². The lowest BCUT2D eigenvalue weighted by atomic mass is 9.98. The van der Waals surface area contributed by atoms with E-state index in [-0.39, 0.29) is 6.04 Å². The van der Waals surface area contributed by atoms with Crippen molar-refractivity contribution in [3.05, 3.63) is 126 Å². The zero-order valence-corrected chi connectivity index (χ0v) is 22.3. The van der Waals surface area contributed by atoms with Crippen LogP contribution in [-0.2, 0) is 6.54 Å². The summed E-state index contributed by atoms with van der Waals surface area (Å²) in [5, 5.41) is 7.24. The number of imidazole rings is 1. The normalized spacial score (nSPS) is 15.4. The van der Waals surface area contributed by atoms with Gasteiger partial charge >= 0.3 is 0 Å². The third-order valence-corrected chi connectivity index (χ3v) is 7.31. The van der Waals surface area contributed by atoms with Crippen molar-refractivity contribution in [3.8, 4) is 0 Å². The molecule has 4 aromatic carbocycles. The average Bonchev–Trinajstić information content (AvgIpc) is 3.60. The Morgan fingerprint density at radius 3 is 2.31 bits per heavy atom. The number of unbranched alkanes of at least 4 members (excludes halogenated alkanes) is 2. The number of rotatable bonds is 9. The molecule has 194 valence electrons. The number of nitrogens with zero attached hydrogens (tertiary/aromatic N) is 5. The first-order chi connectivity index (χ1) is 19.3. The van der Waals surface area contributed by atoms with Gasteiger partial charge < -0.3 is 4.57 Å². The van der Waals surface area contributed by atoms with Crippen LogP contribution in [0, 0.1) is 0 Å². The number of benzene rings is 4. The summed E-state index contributed by atoms with van der Waals surface area (Å²) in [6.45, 7) is 3.16. The van der Waals surface area contributed by atoms with Gasteiger partial charge in [-0.25, -0.2) is 9.98 Å². The molecule has 5 heteroatoms. The fourth-order valence-electron chi connectivity index (χ4n) is 5.24. The number of para-hydroxylation sites is 2. The highest BCUT2D eigenvalue weighted by Crippen LogP contribution is 2.36. The van der Waals surface area contributed by atoms with E-state index in [1.165, 1.54) is 24.0 Å². The first-order valence-electron chi connectivity index (χ1n) is 13.9. The van der Waals surface area contributed by atoms with E-state index in [1.807, 2.05) is 18.3 Å². The molecule has 0 spiro atoms. The quantitative estimate of drug-likeness (QED) is 0.147. The Bertz CT molecular complexity index is 1580. The molecule has 1 atom stereocenters. The number of hydrogen-bond acceptors (Lipinski definition) is 4. The lowest BCUT2D eigenvalue weighted by Gasteiger charge is -2.24. The summed E-state index contributed by atoms with van der Waals surface area (Å²) in [5.41, 5.74) is 7.78. The summed E-state index contributed by atoms with van der Waals surface area (Å²) in [4.78, 5) is 9.63. The van der Waals surface area contributed by atoms with E-state index < -0.39 is 0 Å². The van der Waals surface area contributed by atoms with Crippen LogP contribution < -0.4 is 5.01 Å². The van der Waals surface area contributed by atoms with Crippen LogP contribution in [-0.4, -0.2) is 21.5 Å². The number of hydrogen-bond donors (Lipinski definition) is 0. The van der Waals surface area contributed by atoms with Gasteiger partial charge in [-0.1, -0.05) is 105 Å². The van der Waals surface area contributed by atoms with Crippen LogP contribution in [0.1, 0.15) is 55.3 Å². The van der Waals surface area contributed by atoms with Crippen LogP contribution >= 0.6 is 0 Å². The highest BCUT2D eigenvalue weighted by atomic mass is 15.5. The van der Waals surface area contributed by atoms with E-state index in [9.17, 15) is 0 Å². The van der Waals surface area contributed by atoms with E-state index in [2.05, 4.69) is 114 Å². The second-order valence-corrected chi connectivity index (χ2v) is 10.00. The van der Waals surface area contributed by atoms with E-state index in [0.29, 0.717) is 0 Å². The predicted octanol–water partition coefficient (Wildman–Crippen LogP) is 8.33. The molecule has 39 heavy (non-hydrogen) atoms. The second-order valence-electron chi connectivity index (χ2n) is 10.00. The molecule has 0 radical (unpaired) electrons. The van der Waals surface area contributed by atoms with Gasteiger partial charge in [0.25, 0.3) is 0 Å². The van der Waals surface area contributed by atoms with Gasteiger partial charge in [-0.15, -0.1) is 0 Å². The largest absolute Gasteiger partial charge is 0.308 e. The van der Waals surface area contributed by atoms with Crippen molar-refractivity contribution in [1.29, 1.82) is 0 Å². The van der Waals surface area contributed by atoms with Crippen molar-refractivity contribution >= 4 is 34.6 Å². The third kappa shape index (κ3) is 5.39. The van der Waals surface area contributed by atoms with Crippen LogP contribution in [0.3, 0.4) is 0 Å². The fraction of sp³-hybridized carbons (Fsp3) is 0.206. The van der Waals surface area contributed by atoms with E-state index in [0.717, 1.165) is 53.3 Å². The molecule has 0 saturated carbocycles. The lowest BCUT2D eigenvalue weighted by molar-refractivity contribution is 0.616. The summed E-state index contributed by atoms with van der Waals surface area (Å²) in [6, 6.07) is 38.1. The molecular formula is C34H33N5. The Labute approximate surface area is 230 Å². The minimum atomic E-state index is 0.156. The smallest absolute Gasteiger partial charge is 0.230 e. The predicted molar refractivity (Wildman–Crippen MR) is 162 cm³/mol. The van der Waals surface area contributed by atoms with Crippen molar-refractivity contribution in [2.24, 2.45) is 10.1 Å². The zero-order chi connectivity index (χ0) is 26.4. The zero-order valence-electron chi connectivity index (χ0n) is 22.3. The Kier molecular flexibility index (Phi) is 7.30. The molecule has 0 fully saturated rings. The third-order valence-electron chi connectivity index (χ3n) is 7.31. The van der Waals surface area contributed by atoms with Crippen LogP contribution in [0.4, 0.5) is 11.6 Å². The van der Waals surface area contributed by atoms with Crippen LogP contribution in [0.5, 0.6) is 0 Å². The van der Waals surface area contributed by atoms with Gasteiger partial charge in [0.1, 0.15) is 0 Å². The first kappa shape index (κ1) is 24.8. The molecule has 0 N–H and O–H groups in total. The SMILES string of the molecule is CCCCCn1c(N=Cc2ccc(N3N=C(c4ccccc4)C[C@@H]3c3ccccc3)cc2)nc2ccccc21. The van der Waals surface area contributed by atoms with E-state index in [1.54, 1.807) is 0 Å². The molecule has 6 rings (SSSR count). The summed E-state index contributed by atoms with van der Waals surface area (Å²) in [6.07, 6.45) is 6.30. The Morgan fingerprint density at radius 2 is 1.54 bits per heavy atom. The average molecular weight is 512 g/mol. The minimum absolute atomic E-state index is 0.156. The number of aromatic nitrogens is 2. The van der Waals surface area contributed by atoms with Crippen molar-refractivity contribution < 1.29 is 0 Å². The number of aliphatic imine (C=N–C) groups is 1. The van der Waals surface area contributed by atoms with Gasteiger partial charge in [-0.05, 0) is 47.4 Å². The van der Waals surface area contributed by atoms with Crippen molar-refractivity contribution in [1.82, 2.24) is 9.55 Å². The van der Waals surface area contributed by atoms with Gasteiger partial charge in [0, 0.05) is 19.2 Å². The van der Waals surface area contributed by atoms with Gasteiger partial charge in [-0.3, -0.25) is 5.01 Å². The number of anilines is 1. The summed E-state index contributed by atoms with van der Waals surface area (Å²) in [5.74, 6) is 0.761. The molecule has 0 aliphatic carbocycles. The number of hydrazone groups is 1. The molecule has 1 aromatic heterocycles. The van der Waals surface area contributed by atoms with E-state index >= 15 is 0 Å². The van der Waals surface area contributed by atoms with Crippen LogP contribution in [0.15, 0.2) is 119 Å². The fourth-order valence-corrected chi connectivity index (χ4v) is 5.24. The summed E-state index contributed by atoms with van der Waals surface area (Å²) < 4.78 is 2.24. The Morgan fingerprint density at radius 1 is 0.821 bits per heavy atom. The standard InChI is InChI=1S/C34H33N5/c1-2-3-12-23-38-32-18-11-10-17-30(32)36-34(38)35-25-26-19-21-29(22-20-26)39-33(28-15-8-5-9-16-28)24-31(37-39)27-13-6-4-7-14-27/h4-11,13-22,25,33H,2-3,12,23-24H2,1H3/t33-/m1/s1. The summed E-state index contributed by atoms with van der Waals surface area (Å²) in [7, 11) is 0. The number of fused-ring (bicyclic) bond motifs is 1.